The van der Waals surface area contributed by atoms with Crippen LogP contribution in [0.2, 0.25) is 0 Å². The van der Waals surface area contributed by atoms with Gasteiger partial charge in [0.05, 0.1) is 6.54 Å². The molecule has 1 aliphatic heterocycles. The Morgan fingerprint density at radius 3 is 2.90 bits per heavy atom. The van der Waals surface area contributed by atoms with Crippen LogP contribution < -0.4 is 0 Å². The van der Waals surface area contributed by atoms with Crippen molar-refractivity contribution in [2.45, 2.75) is 25.9 Å². The average molecular weight is 265 g/mol. The van der Waals surface area contributed by atoms with Crippen LogP contribution >= 0.6 is 0 Å². The Morgan fingerprint density at radius 2 is 2.00 bits per heavy atom. The lowest BCUT2D eigenvalue weighted by Gasteiger charge is -2.08. The van der Waals surface area contributed by atoms with E-state index in [9.17, 15) is 0 Å². The molecule has 100 valence electrons. The third-order valence-corrected chi connectivity index (χ3v) is 3.75. The molecule has 0 unspecified atom stereocenters. The molecule has 4 rings (SSSR count). The van der Waals surface area contributed by atoms with Gasteiger partial charge in [0.15, 0.2) is 5.82 Å². The van der Waals surface area contributed by atoms with Crippen LogP contribution in [0.25, 0.3) is 11.4 Å². The first kappa shape index (κ1) is 11.4. The fourth-order valence-corrected chi connectivity index (χ4v) is 2.76. The molecule has 0 bridgehead atoms. The van der Waals surface area contributed by atoms with E-state index in [4.69, 9.17) is 0 Å². The second-order valence-corrected chi connectivity index (χ2v) is 5.03. The van der Waals surface area contributed by atoms with Crippen LogP contribution in [-0.2, 0) is 19.5 Å². The van der Waals surface area contributed by atoms with E-state index in [0.717, 1.165) is 42.5 Å². The van der Waals surface area contributed by atoms with Gasteiger partial charge >= 0.3 is 0 Å². The first-order valence-electron chi connectivity index (χ1n) is 6.89. The van der Waals surface area contributed by atoms with E-state index in [1.807, 2.05) is 30.6 Å². The third kappa shape index (κ3) is 1.82. The molecule has 5 heteroatoms. The van der Waals surface area contributed by atoms with Gasteiger partial charge < -0.3 is 9.13 Å². The largest absolute Gasteiger partial charge is 0.323 e. The van der Waals surface area contributed by atoms with Gasteiger partial charge in [0.25, 0.3) is 0 Å². The van der Waals surface area contributed by atoms with Gasteiger partial charge in [-0.2, -0.15) is 0 Å². The number of rotatable bonds is 3. The smallest absolute Gasteiger partial charge is 0.153 e. The number of fused-ring (bicyclic) bond motifs is 1. The summed E-state index contributed by atoms with van der Waals surface area (Å²) < 4.78 is 4.36. The minimum atomic E-state index is 0.719. The molecule has 1 aliphatic rings. The van der Waals surface area contributed by atoms with Crippen molar-refractivity contribution in [3.05, 3.63) is 54.4 Å². The minimum Gasteiger partial charge on any atom is -0.323 e. The van der Waals surface area contributed by atoms with Gasteiger partial charge in [-0.15, -0.1) is 10.2 Å². The molecule has 0 saturated heterocycles. The van der Waals surface area contributed by atoms with Crippen LogP contribution in [0.15, 0.2) is 42.7 Å². The molecule has 0 saturated carbocycles. The fraction of sp³-hybridized carbons (Fsp3) is 0.267. The Hall–Kier alpha value is -2.43. The number of hydrogen-bond donors (Lipinski definition) is 0. The quantitative estimate of drug-likeness (QED) is 0.729. The van der Waals surface area contributed by atoms with Gasteiger partial charge in [-0.05, 0) is 6.42 Å². The molecule has 0 atom stereocenters. The molecule has 3 heterocycles. The van der Waals surface area contributed by atoms with Crippen molar-refractivity contribution >= 4 is 0 Å². The van der Waals surface area contributed by atoms with Crippen molar-refractivity contribution in [3.63, 3.8) is 0 Å². The van der Waals surface area contributed by atoms with Crippen LogP contribution in [0.5, 0.6) is 0 Å². The highest BCUT2D eigenvalue weighted by molar-refractivity contribution is 5.55. The summed E-state index contributed by atoms with van der Waals surface area (Å²) in [4.78, 5) is 4.47. The number of imidazole rings is 1. The van der Waals surface area contributed by atoms with Crippen LogP contribution in [0, 0.1) is 0 Å². The first-order valence-corrected chi connectivity index (χ1v) is 6.89. The topological polar surface area (TPSA) is 48.5 Å². The first-order chi connectivity index (χ1) is 9.92. The lowest BCUT2D eigenvalue weighted by molar-refractivity contribution is 0.648. The molecule has 0 fully saturated rings. The molecule has 0 N–H and O–H groups in total. The number of nitrogens with zero attached hydrogens (tertiary/aromatic N) is 5. The minimum absolute atomic E-state index is 0.719. The van der Waals surface area contributed by atoms with E-state index < -0.39 is 0 Å². The number of hydrogen-bond acceptors (Lipinski definition) is 3. The van der Waals surface area contributed by atoms with Gasteiger partial charge in [-0.25, -0.2) is 4.98 Å². The van der Waals surface area contributed by atoms with Crippen molar-refractivity contribution in [2.24, 2.45) is 0 Å². The van der Waals surface area contributed by atoms with Gasteiger partial charge in [0.2, 0.25) is 0 Å². The molecule has 2 aromatic heterocycles. The maximum Gasteiger partial charge on any atom is 0.153 e. The van der Waals surface area contributed by atoms with E-state index in [2.05, 4.69) is 36.4 Å². The van der Waals surface area contributed by atoms with Crippen LogP contribution in [0.4, 0.5) is 0 Å². The van der Waals surface area contributed by atoms with Crippen LogP contribution in [0.1, 0.15) is 18.1 Å². The number of aromatic nitrogens is 5. The molecule has 0 aliphatic carbocycles. The van der Waals surface area contributed by atoms with Gasteiger partial charge in [-0.1, -0.05) is 30.3 Å². The molecule has 1 aromatic carbocycles. The van der Waals surface area contributed by atoms with Crippen molar-refractivity contribution in [1.82, 2.24) is 24.3 Å². The van der Waals surface area contributed by atoms with E-state index in [-0.39, 0.29) is 0 Å². The number of aryl methyl sites for hydroxylation is 1. The van der Waals surface area contributed by atoms with E-state index in [1.54, 1.807) is 0 Å². The summed E-state index contributed by atoms with van der Waals surface area (Å²) >= 11 is 0. The predicted molar refractivity (Wildman–Crippen MR) is 75.1 cm³/mol. The molecule has 20 heavy (non-hydrogen) atoms. The second-order valence-electron chi connectivity index (χ2n) is 5.03. The van der Waals surface area contributed by atoms with Gasteiger partial charge in [0, 0.05) is 30.9 Å². The summed E-state index contributed by atoms with van der Waals surface area (Å²) in [5.74, 6) is 3.11. The Bertz CT molecular complexity index is 726. The molecule has 3 aromatic rings. The Morgan fingerprint density at radius 1 is 1.10 bits per heavy atom. The second kappa shape index (κ2) is 4.59. The Labute approximate surface area is 116 Å². The normalized spacial score (nSPS) is 13.6. The highest BCUT2D eigenvalue weighted by Crippen LogP contribution is 2.19. The highest BCUT2D eigenvalue weighted by atomic mass is 15.3. The highest BCUT2D eigenvalue weighted by Gasteiger charge is 2.18. The maximum atomic E-state index is 4.47. The Balaban J connectivity index is 1.69. The van der Waals surface area contributed by atoms with E-state index in [0.29, 0.717) is 0 Å². The fourth-order valence-electron chi connectivity index (χ4n) is 2.76. The summed E-state index contributed by atoms with van der Waals surface area (Å²) in [5.41, 5.74) is 1.12. The molecule has 0 spiro atoms. The standard InChI is InChI=1S/C15H15N5/c1-2-5-12(6-3-1)15-16-8-10-19(15)11-14-18-17-13-7-4-9-20(13)14/h1-3,5-6,8,10H,4,7,9,11H2. The molecular formula is C15H15N5. The summed E-state index contributed by atoms with van der Waals surface area (Å²) in [6.07, 6.45) is 6.05. The monoisotopic (exact) mass is 265 g/mol. The zero-order chi connectivity index (χ0) is 13.4. The van der Waals surface area contributed by atoms with Crippen molar-refractivity contribution in [3.8, 4) is 11.4 Å². The van der Waals surface area contributed by atoms with Crippen molar-refractivity contribution in [2.75, 3.05) is 0 Å². The van der Waals surface area contributed by atoms with Crippen LogP contribution in [-0.4, -0.2) is 24.3 Å². The summed E-state index contributed by atoms with van der Waals surface area (Å²) in [7, 11) is 0. The Kier molecular flexibility index (Phi) is 2.62. The molecule has 0 radical (unpaired) electrons. The van der Waals surface area contributed by atoms with Crippen molar-refractivity contribution in [1.29, 1.82) is 0 Å². The SMILES string of the molecule is c1ccc(-c2nccn2Cc2nnc3n2CCC3)cc1. The lowest BCUT2D eigenvalue weighted by atomic mass is 10.2. The number of benzene rings is 1. The summed E-state index contributed by atoms with van der Waals surface area (Å²) in [6.45, 7) is 1.75. The third-order valence-electron chi connectivity index (χ3n) is 3.75. The predicted octanol–water partition coefficient (Wildman–Crippen LogP) is 2.14. The summed E-state index contributed by atoms with van der Waals surface area (Å²) in [6, 6.07) is 10.2. The maximum absolute atomic E-state index is 4.47. The summed E-state index contributed by atoms with van der Waals surface area (Å²) in [5, 5.41) is 8.57. The lowest BCUT2D eigenvalue weighted by Crippen LogP contribution is -2.08. The molecule has 5 nitrogen and oxygen atoms in total. The van der Waals surface area contributed by atoms with Gasteiger partial charge in [-0.3, -0.25) is 0 Å². The average Bonchev–Trinajstić information content (AvgIpc) is 3.18. The molecule has 0 amide bonds. The van der Waals surface area contributed by atoms with E-state index in [1.165, 1.54) is 6.42 Å². The van der Waals surface area contributed by atoms with Crippen molar-refractivity contribution < 1.29 is 0 Å². The van der Waals surface area contributed by atoms with Gasteiger partial charge in [0.1, 0.15) is 11.6 Å². The van der Waals surface area contributed by atoms with Crippen LogP contribution in [0.3, 0.4) is 0 Å². The van der Waals surface area contributed by atoms with E-state index >= 15 is 0 Å². The zero-order valence-electron chi connectivity index (χ0n) is 11.1. The zero-order valence-corrected chi connectivity index (χ0v) is 11.1. The molecular weight excluding hydrogens is 250 g/mol.